The Bertz CT molecular complexity index is 333. The number of hydrogen-bond acceptors (Lipinski definition) is 5. The van der Waals surface area contributed by atoms with E-state index in [2.05, 4.69) is 6.92 Å². The van der Waals surface area contributed by atoms with Crippen LogP contribution in [0.2, 0.25) is 0 Å². The van der Waals surface area contributed by atoms with Gasteiger partial charge in [-0.25, -0.2) is 0 Å². The van der Waals surface area contributed by atoms with E-state index in [9.17, 15) is 20.1 Å². The molecule has 162 valence electrons. The second kappa shape index (κ2) is 17.4. The summed E-state index contributed by atoms with van der Waals surface area (Å²) in [4.78, 5) is 12.0. The number of rotatable bonds is 19. The van der Waals surface area contributed by atoms with E-state index in [1.54, 1.807) is 0 Å². The average molecular weight is 389 g/mol. The maximum Gasteiger partial charge on any atom is 0.308 e. The first-order chi connectivity index (χ1) is 13.0. The number of aliphatic hydroxyl groups excluding tert-OH is 3. The van der Waals surface area contributed by atoms with E-state index in [4.69, 9.17) is 4.74 Å². The summed E-state index contributed by atoms with van der Waals surface area (Å²) in [7, 11) is 0. The Morgan fingerprint density at radius 3 is 1.59 bits per heavy atom. The van der Waals surface area contributed by atoms with Crippen LogP contribution in [0.3, 0.4) is 0 Å². The van der Waals surface area contributed by atoms with E-state index in [1.165, 1.54) is 64.2 Å². The highest BCUT2D eigenvalue weighted by atomic mass is 16.5. The van der Waals surface area contributed by atoms with Gasteiger partial charge in [-0.15, -0.1) is 0 Å². The van der Waals surface area contributed by atoms with E-state index in [1.807, 2.05) is 6.92 Å². The van der Waals surface area contributed by atoms with Crippen molar-refractivity contribution in [3.63, 3.8) is 0 Å². The van der Waals surface area contributed by atoms with Gasteiger partial charge in [-0.1, -0.05) is 90.9 Å². The Morgan fingerprint density at radius 1 is 0.778 bits per heavy atom. The molecule has 0 amide bonds. The Labute approximate surface area is 166 Å². The molecule has 0 aromatic carbocycles. The number of unbranched alkanes of at least 4 members (excludes halogenated alkanes) is 11. The summed E-state index contributed by atoms with van der Waals surface area (Å²) < 4.78 is 5.18. The molecule has 0 aromatic rings. The maximum atomic E-state index is 12.0. The lowest BCUT2D eigenvalue weighted by Crippen LogP contribution is -2.40. The van der Waals surface area contributed by atoms with Crippen molar-refractivity contribution in [2.75, 3.05) is 26.4 Å². The van der Waals surface area contributed by atoms with Crippen molar-refractivity contribution in [1.82, 2.24) is 0 Å². The number of carbonyl (C=O) groups is 1. The normalized spacial score (nSPS) is 12.9. The molecule has 0 heterocycles. The highest BCUT2D eigenvalue weighted by molar-refractivity contribution is 5.71. The van der Waals surface area contributed by atoms with Crippen LogP contribution in [0.1, 0.15) is 97.3 Å². The Balaban J connectivity index is 3.60. The van der Waals surface area contributed by atoms with Crippen LogP contribution >= 0.6 is 0 Å². The summed E-state index contributed by atoms with van der Waals surface area (Å²) in [6, 6.07) is 0. The van der Waals surface area contributed by atoms with E-state index in [-0.39, 0.29) is 18.5 Å². The number of hydrogen-bond donors (Lipinski definition) is 3. The molecular formula is C22H44O5. The van der Waals surface area contributed by atoms with Gasteiger partial charge in [-0.3, -0.25) is 4.79 Å². The highest BCUT2D eigenvalue weighted by Gasteiger charge is 2.30. The van der Waals surface area contributed by atoms with Gasteiger partial charge >= 0.3 is 5.97 Å². The van der Waals surface area contributed by atoms with Gasteiger partial charge in [0.05, 0.1) is 31.2 Å². The second-order valence-corrected chi connectivity index (χ2v) is 8.16. The molecule has 1 atom stereocenters. The molecule has 1 unspecified atom stereocenters. The monoisotopic (exact) mass is 388 g/mol. The Morgan fingerprint density at radius 2 is 1.19 bits per heavy atom. The summed E-state index contributed by atoms with van der Waals surface area (Å²) in [6.45, 7) is 2.69. The predicted octanol–water partition coefficient (Wildman–Crippen LogP) is 4.22. The van der Waals surface area contributed by atoms with Crippen LogP contribution in [-0.2, 0) is 9.53 Å². The van der Waals surface area contributed by atoms with Gasteiger partial charge in [0, 0.05) is 0 Å². The SMILES string of the molecule is CCCCCCCCCCCCCCC(C)C(=O)OCC(CO)(CO)CO. The van der Waals surface area contributed by atoms with Crippen molar-refractivity contribution in [3.05, 3.63) is 0 Å². The van der Waals surface area contributed by atoms with Gasteiger partial charge in [0.25, 0.3) is 0 Å². The van der Waals surface area contributed by atoms with Crippen LogP contribution < -0.4 is 0 Å². The molecule has 0 radical (unpaired) electrons. The smallest absolute Gasteiger partial charge is 0.308 e. The minimum Gasteiger partial charge on any atom is -0.465 e. The first-order valence-electron chi connectivity index (χ1n) is 11.0. The Kier molecular flexibility index (Phi) is 17.0. The van der Waals surface area contributed by atoms with Crippen molar-refractivity contribution in [1.29, 1.82) is 0 Å². The number of aliphatic hydroxyl groups is 3. The third-order valence-electron chi connectivity index (χ3n) is 5.42. The molecule has 0 aliphatic rings. The van der Waals surface area contributed by atoms with Crippen molar-refractivity contribution in [3.8, 4) is 0 Å². The first kappa shape index (κ1) is 26.4. The number of ether oxygens (including phenoxy) is 1. The average Bonchev–Trinajstić information content (AvgIpc) is 2.69. The fourth-order valence-electron chi connectivity index (χ4n) is 3.06. The minimum absolute atomic E-state index is 0.155. The van der Waals surface area contributed by atoms with Gasteiger partial charge in [0.1, 0.15) is 6.61 Å². The number of esters is 1. The van der Waals surface area contributed by atoms with Crippen molar-refractivity contribution in [2.24, 2.45) is 11.3 Å². The molecule has 0 aromatic heterocycles. The molecule has 0 saturated carbocycles. The van der Waals surface area contributed by atoms with E-state index < -0.39 is 25.2 Å². The van der Waals surface area contributed by atoms with Crippen LogP contribution in [0, 0.1) is 11.3 Å². The van der Waals surface area contributed by atoms with Crippen molar-refractivity contribution < 1.29 is 24.9 Å². The molecule has 3 N–H and O–H groups in total. The third kappa shape index (κ3) is 13.2. The maximum absolute atomic E-state index is 12.0. The molecule has 5 heteroatoms. The summed E-state index contributed by atoms with van der Waals surface area (Å²) in [5, 5.41) is 27.7. The molecule has 0 aliphatic heterocycles. The first-order valence-corrected chi connectivity index (χ1v) is 11.0. The topological polar surface area (TPSA) is 87.0 Å². The molecule has 0 bridgehead atoms. The van der Waals surface area contributed by atoms with Crippen LogP contribution in [0.25, 0.3) is 0 Å². The molecule has 0 aliphatic carbocycles. The fourth-order valence-corrected chi connectivity index (χ4v) is 3.06. The quantitative estimate of drug-likeness (QED) is 0.228. The summed E-state index contributed by atoms with van der Waals surface area (Å²) in [5.41, 5.74) is -1.15. The zero-order valence-electron chi connectivity index (χ0n) is 17.8. The molecular weight excluding hydrogens is 344 g/mol. The van der Waals surface area contributed by atoms with E-state index in [0.717, 1.165) is 19.3 Å². The van der Waals surface area contributed by atoms with Gasteiger partial charge < -0.3 is 20.1 Å². The minimum atomic E-state index is -1.15. The van der Waals surface area contributed by atoms with Crippen LogP contribution in [0.5, 0.6) is 0 Å². The van der Waals surface area contributed by atoms with Crippen LogP contribution in [0.4, 0.5) is 0 Å². The second-order valence-electron chi connectivity index (χ2n) is 8.16. The largest absolute Gasteiger partial charge is 0.465 e. The lowest BCUT2D eigenvalue weighted by atomic mass is 9.92. The zero-order chi connectivity index (χ0) is 20.4. The van der Waals surface area contributed by atoms with Gasteiger partial charge in [-0.2, -0.15) is 0 Å². The molecule has 0 rings (SSSR count). The zero-order valence-corrected chi connectivity index (χ0v) is 17.8. The summed E-state index contributed by atoms with van der Waals surface area (Å²) in [6.07, 6.45) is 16.3. The predicted molar refractivity (Wildman–Crippen MR) is 110 cm³/mol. The van der Waals surface area contributed by atoms with Gasteiger partial charge in [0.15, 0.2) is 0 Å². The van der Waals surface area contributed by atoms with Crippen molar-refractivity contribution >= 4 is 5.97 Å². The number of carbonyl (C=O) groups excluding carboxylic acids is 1. The standard InChI is InChI=1S/C22H44O5/c1-3-4-5-6-7-8-9-10-11-12-13-14-15-20(2)21(26)27-19-22(16-23,17-24)18-25/h20,23-25H,3-19H2,1-2H3. The van der Waals surface area contributed by atoms with Crippen molar-refractivity contribution in [2.45, 2.75) is 97.3 Å². The lowest BCUT2D eigenvalue weighted by molar-refractivity contribution is -0.155. The van der Waals surface area contributed by atoms with E-state index in [0.29, 0.717) is 0 Å². The summed E-state index contributed by atoms with van der Waals surface area (Å²) in [5.74, 6) is -0.514. The molecule has 27 heavy (non-hydrogen) atoms. The highest BCUT2D eigenvalue weighted by Crippen LogP contribution is 2.18. The van der Waals surface area contributed by atoms with Gasteiger partial charge in [0.2, 0.25) is 0 Å². The third-order valence-corrected chi connectivity index (χ3v) is 5.42. The van der Waals surface area contributed by atoms with Crippen LogP contribution in [-0.4, -0.2) is 47.7 Å². The molecule has 0 saturated heterocycles. The van der Waals surface area contributed by atoms with Gasteiger partial charge in [-0.05, 0) is 6.42 Å². The molecule has 5 nitrogen and oxygen atoms in total. The van der Waals surface area contributed by atoms with E-state index >= 15 is 0 Å². The fraction of sp³-hybridized carbons (Fsp3) is 0.955. The summed E-state index contributed by atoms with van der Waals surface area (Å²) >= 11 is 0. The molecule has 0 spiro atoms. The van der Waals surface area contributed by atoms with Crippen LogP contribution in [0.15, 0.2) is 0 Å². The Hall–Kier alpha value is -0.650. The lowest BCUT2D eigenvalue weighted by Gasteiger charge is -2.27. The molecule has 0 fully saturated rings.